The molecule has 0 saturated carbocycles. The van der Waals surface area contributed by atoms with E-state index in [0.717, 1.165) is 6.42 Å². The molecule has 8 nitrogen and oxygen atoms in total. The molecular weight excluding hydrogens is 348 g/mol. The van der Waals surface area contributed by atoms with E-state index >= 15 is 0 Å². The number of nitrogens with one attached hydrogen (secondary N) is 1. The molecule has 1 heterocycles. The summed E-state index contributed by atoms with van der Waals surface area (Å²) in [6.45, 7) is 4.56. The van der Waals surface area contributed by atoms with Gasteiger partial charge in [-0.3, -0.25) is 19.1 Å². The van der Waals surface area contributed by atoms with Crippen LogP contribution < -0.4 is 26.6 Å². The number of aromatic amines is 1. The Kier molecular flexibility index (Phi) is 6.81. The first-order valence-electron chi connectivity index (χ1n) is 9.03. The zero-order valence-corrected chi connectivity index (χ0v) is 15.9. The number of carbonyl (C=O) groups is 1. The van der Waals surface area contributed by atoms with Gasteiger partial charge in [0.15, 0.2) is 5.69 Å². The van der Waals surface area contributed by atoms with E-state index in [4.69, 9.17) is 10.5 Å². The monoisotopic (exact) mass is 374 g/mol. The van der Waals surface area contributed by atoms with Crippen LogP contribution >= 0.6 is 0 Å². The SMILES string of the molecule is CCCCN(C(=O)c1ccc(OC)cc1)c1c(N)n(CCC)c(=O)[nH]c1=O. The predicted molar refractivity (Wildman–Crippen MR) is 106 cm³/mol. The molecule has 1 aromatic heterocycles. The highest BCUT2D eigenvalue weighted by molar-refractivity contribution is 6.07. The Morgan fingerprint density at radius 2 is 1.85 bits per heavy atom. The van der Waals surface area contributed by atoms with Gasteiger partial charge in [0.05, 0.1) is 7.11 Å². The average Bonchev–Trinajstić information content (AvgIpc) is 2.67. The third kappa shape index (κ3) is 4.39. The van der Waals surface area contributed by atoms with Gasteiger partial charge in [-0.1, -0.05) is 20.3 Å². The van der Waals surface area contributed by atoms with E-state index in [-0.39, 0.29) is 17.4 Å². The molecule has 2 aromatic rings. The smallest absolute Gasteiger partial charge is 0.330 e. The standard InChI is InChI=1S/C19H26N4O4/c1-4-6-12-22(18(25)13-7-9-14(27-3)10-8-13)15-16(20)23(11-5-2)19(26)21-17(15)24/h7-10H,4-6,11-12,20H2,1-3H3,(H,21,24,26). The lowest BCUT2D eigenvalue weighted by Crippen LogP contribution is -2.41. The zero-order chi connectivity index (χ0) is 20.0. The van der Waals surface area contributed by atoms with Gasteiger partial charge in [-0.2, -0.15) is 0 Å². The molecule has 0 radical (unpaired) electrons. The number of rotatable bonds is 8. The van der Waals surface area contributed by atoms with Gasteiger partial charge < -0.3 is 15.4 Å². The van der Waals surface area contributed by atoms with E-state index < -0.39 is 11.2 Å². The zero-order valence-electron chi connectivity index (χ0n) is 15.9. The number of hydrogen-bond acceptors (Lipinski definition) is 5. The minimum Gasteiger partial charge on any atom is -0.497 e. The highest BCUT2D eigenvalue weighted by Gasteiger charge is 2.24. The molecule has 146 valence electrons. The maximum atomic E-state index is 13.1. The molecule has 0 aliphatic carbocycles. The van der Waals surface area contributed by atoms with Gasteiger partial charge in [0.2, 0.25) is 0 Å². The summed E-state index contributed by atoms with van der Waals surface area (Å²) in [6.07, 6.45) is 2.18. The number of H-pyrrole nitrogens is 1. The molecule has 1 amide bonds. The summed E-state index contributed by atoms with van der Waals surface area (Å²) >= 11 is 0. The molecule has 0 bridgehead atoms. The summed E-state index contributed by atoms with van der Waals surface area (Å²) in [4.78, 5) is 41.3. The van der Waals surface area contributed by atoms with Crippen molar-refractivity contribution in [2.75, 3.05) is 24.3 Å². The summed E-state index contributed by atoms with van der Waals surface area (Å²) in [7, 11) is 1.54. The number of nitrogens with zero attached hydrogens (tertiary/aromatic N) is 2. The van der Waals surface area contributed by atoms with Gasteiger partial charge in [0, 0.05) is 18.7 Å². The number of ether oxygens (including phenoxy) is 1. The lowest BCUT2D eigenvalue weighted by molar-refractivity contribution is 0.0986. The van der Waals surface area contributed by atoms with Crippen LogP contribution in [0, 0.1) is 0 Å². The molecule has 0 spiro atoms. The number of aromatic nitrogens is 2. The lowest BCUT2D eigenvalue weighted by Gasteiger charge is -2.24. The van der Waals surface area contributed by atoms with Gasteiger partial charge in [0.25, 0.3) is 11.5 Å². The van der Waals surface area contributed by atoms with Crippen molar-refractivity contribution in [3.05, 3.63) is 50.7 Å². The number of amides is 1. The second-order valence-electron chi connectivity index (χ2n) is 6.18. The second kappa shape index (κ2) is 9.07. The number of carbonyl (C=O) groups excluding carboxylic acids is 1. The molecule has 3 N–H and O–H groups in total. The second-order valence-corrected chi connectivity index (χ2v) is 6.18. The van der Waals surface area contributed by atoms with Gasteiger partial charge in [-0.05, 0) is 37.1 Å². The summed E-state index contributed by atoms with van der Waals surface area (Å²) in [5.41, 5.74) is 5.31. The molecule has 0 fully saturated rings. The lowest BCUT2D eigenvalue weighted by atomic mass is 10.1. The maximum Gasteiger partial charge on any atom is 0.330 e. The van der Waals surface area contributed by atoms with Crippen molar-refractivity contribution in [2.24, 2.45) is 0 Å². The highest BCUT2D eigenvalue weighted by atomic mass is 16.5. The number of hydrogen-bond donors (Lipinski definition) is 2. The van der Waals surface area contributed by atoms with Gasteiger partial charge in [-0.25, -0.2) is 4.79 Å². The number of benzene rings is 1. The van der Waals surface area contributed by atoms with Crippen LogP contribution in [0.4, 0.5) is 11.5 Å². The minimum atomic E-state index is -0.664. The van der Waals surface area contributed by atoms with E-state index in [1.165, 1.54) is 9.47 Å². The third-order valence-corrected chi connectivity index (χ3v) is 4.25. The van der Waals surface area contributed by atoms with Crippen LogP contribution in [-0.4, -0.2) is 29.1 Å². The Bertz CT molecular complexity index is 899. The number of methoxy groups -OCH3 is 1. The molecule has 0 aliphatic heterocycles. The van der Waals surface area contributed by atoms with Crippen LogP contribution in [0.5, 0.6) is 5.75 Å². The Morgan fingerprint density at radius 1 is 1.19 bits per heavy atom. The molecule has 0 atom stereocenters. The van der Waals surface area contributed by atoms with Gasteiger partial charge in [0.1, 0.15) is 11.6 Å². The molecule has 0 saturated heterocycles. The molecule has 27 heavy (non-hydrogen) atoms. The fraction of sp³-hybridized carbons (Fsp3) is 0.421. The molecule has 0 unspecified atom stereocenters. The number of nitrogens with two attached hydrogens (primary N) is 1. The quantitative estimate of drug-likeness (QED) is 0.734. The van der Waals surface area contributed by atoms with Crippen LogP contribution in [0.2, 0.25) is 0 Å². The van der Waals surface area contributed by atoms with Crippen LogP contribution in [-0.2, 0) is 6.54 Å². The van der Waals surface area contributed by atoms with Gasteiger partial charge in [-0.15, -0.1) is 0 Å². The van der Waals surface area contributed by atoms with Crippen molar-refractivity contribution in [3.63, 3.8) is 0 Å². The summed E-state index contributed by atoms with van der Waals surface area (Å²) in [6, 6.07) is 6.62. The molecule has 1 aromatic carbocycles. The van der Waals surface area contributed by atoms with Crippen molar-refractivity contribution >= 4 is 17.4 Å². The highest BCUT2D eigenvalue weighted by Crippen LogP contribution is 2.21. The van der Waals surface area contributed by atoms with Crippen molar-refractivity contribution in [3.8, 4) is 5.75 Å². The largest absolute Gasteiger partial charge is 0.497 e. The van der Waals surface area contributed by atoms with Gasteiger partial charge >= 0.3 is 5.69 Å². The summed E-state index contributed by atoms with van der Waals surface area (Å²) in [5, 5.41) is 0. The van der Waals surface area contributed by atoms with E-state index in [9.17, 15) is 14.4 Å². The maximum absolute atomic E-state index is 13.1. The van der Waals surface area contributed by atoms with Crippen molar-refractivity contribution in [1.82, 2.24) is 9.55 Å². The Balaban J connectivity index is 2.55. The molecule has 0 aliphatic rings. The molecular formula is C19H26N4O4. The Morgan fingerprint density at radius 3 is 2.41 bits per heavy atom. The normalized spacial score (nSPS) is 10.6. The third-order valence-electron chi connectivity index (χ3n) is 4.25. The van der Waals surface area contributed by atoms with Crippen LogP contribution in [0.3, 0.4) is 0 Å². The Labute approximate surface area is 157 Å². The number of nitrogen functional groups attached to an aromatic ring is 1. The van der Waals surface area contributed by atoms with Crippen molar-refractivity contribution in [2.45, 2.75) is 39.7 Å². The van der Waals surface area contributed by atoms with E-state index in [0.29, 0.717) is 37.2 Å². The first kappa shape index (κ1) is 20.3. The van der Waals surface area contributed by atoms with E-state index in [1.54, 1.807) is 31.4 Å². The average molecular weight is 374 g/mol. The minimum absolute atomic E-state index is 0.00330. The van der Waals surface area contributed by atoms with E-state index in [2.05, 4.69) is 4.98 Å². The van der Waals surface area contributed by atoms with Crippen molar-refractivity contribution in [1.29, 1.82) is 0 Å². The number of unbranched alkanes of at least 4 members (excludes halogenated alkanes) is 1. The Hall–Kier alpha value is -3.03. The first-order valence-corrected chi connectivity index (χ1v) is 9.03. The first-order chi connectivity index (χ1) is 12.9. The number of anilines is 2. The van der Waals surface area contributed by atoms with Crippen molar-refractivity contribution < 1.29 is 9.53 Å². The summed E-state index contributed by atoms with van der Waals surface area (Å²) in [5.74, 6) is 0.272. The van der Waals surface area contributed by atoms with Crippen LogP contribution in [0.1, 0.15) is 43.5 Å². The summed E-state index contributed by atoms with van der Waals surface area (Å²) < 4.78 is 6.40. The van der Waals surface area contributed by atoms with Crippen LogP contribution in [0.25, 0.3) is 0 Å². The predicted octanol–water partition coefficient (Wildman–Crippen LogP) is 1.98. The fourth-order valence-corrected chi connectivity index (χ4v) is 2.80. The fourth-order valence-electron chi connectivity index (χ4n) is 2.80. The topological polar surface area (TPSA) is 110 Å². The molecule has 8 heteroatoms. The van der Waals surface area contributed by atoms with Crippen LogP contribution in [0.15, 0.2) is 33.9 Å². The molecule has 2 rings (SSSR count). The van der Waals surface area contributed by atoms with E-state index in [1.807, 2.05) is 13.8 Å².